The Morgan fingerprint density at radius 1 is 1.05 bits per heavy atom. The van der Waals surface area contributed by atoms with Crippen molar-refractivity contribution in [1.82, 2.24) is 5.32 Å². The first-order valence-electron chi connectivity index (χ1n) is 5.31. The summed E-state index contributed by atoms with van der Waals surface area (Å²) in [5.41, 5.74) is -0.628. The number of aliphatic hydroxyl groups is 2. The van der Waals surface area contributed by atoms with E-state index >= 15 is 0 Å². The van der Waals surface area contributed by atoms with Gasteiger partial charge in [0, 0.05) is 13.1 Å². The Morgan fingerprint density at radius 3 is 2.05 bits per heavy atom. The SMILES string of the molecule is OC(CNCC(O)C(F)(F)F)c1c(F)cccc1F. The van der Waals surface area contributed by atoms with Crippen LogP contribution < -0.4 is 5.32 Å². The van der Waals surface area contributed by atoms with Gasteiger partial charge in [-0.3, -0.25) is 0 Å². The maximum atomic E-state index is 13.2. The molecule has 0 radical (unpaired) electrons. The van der Waals surface area contributed by atoms with Crippen molar-refractivity contribution >= 4 is 0 Å². The number of halogens is 5. The third kappa shape index (κ3) is 4.41. The molecule has 0 saturated carbocycles. The summed E-state index contributed by atoms with van der Waals surface area (Å²) in [6.07, 6.45) is -9.05. The van der Waals surface area contributed by atoms with E-state index in [-0.39, 0.29) is 0 Å². The molecule has 3 N–H and O–H groups in total. The molecule has 0 saturated heterocycles. The molecular formula is C11H12F5NO2. The molecule has 0 aliphatic rings. The van der Waals surface area contributed by atoms with Crippen molar-refractivity contribution in [3.63, 3.8) is 0 Å². The van der Waals surface area contributed by atoms with E-state index in [1.807, 2.05) is 0 Å². The number of alkyl halides is 3. The summed E-state index contributed by atoms with van der Waals surface area (Å²) in [5.74, 6) is -1.99. The molecule has 0 spiro atoms. The van der Waals surface area contributed by atoms with Crippen LogP contribution in [-0.2, 0) is 0 Å². The summed E-state index contributed by atoms with van der Waals surface area (Å²) in [6.45, 7) is -1.40. The van der Waals surface area contributed by atoms with Gasteiger partial charge in [0.15, 0.2) is 6.10 Å². The molecule has 1 aromatic carbocycles. The zero-order chi connectivity index (χ0) is 14.6. The summed E-state index contributed by atoms with van der Waals surface area (Å²) in [6, 6.07) is 2.94. The fraction of sp³-hybridized carbons (Fsp3) is 0.455. The van der Waals surface area contributed by atoms with Crippen molar-refractivity contribution in [2.24, 2.45) is 0 Å². The van der Waals surface area contributed by atoms with E-state index in [9.17, 15) is 27.1 Å². The molecule has 0 amide bonds. The van der Waals surface area contributed by atoms with Gasteiger partial charge in [0.25, 0.3) is 0 Å². The number of nitrogens with one attached hydrogen (secondary N) is 1. The Balaban J connectivity index is 2.55. The van der Waals surface area contributed by atoms with E-state index in [0.29, 0.717) is 0 Å². The highest BCUT2D eigenvalue weighted by Gasteiger charge is 2.37. The Bertz CT molecular complexity index is 404. The molecule has 2 unspecified atom stereocenters. The molecule has 0 aromatic heterocycles. The van der Waals surface area contributed by atoms with Crippen LogP contribution in [0.2, 0.25) is 0 Å². The van der Waals surface area contributed by atoms with Gasteiger partial charge in [-0.1, -0.05) is 6.07 Å². The first kappa shape index (κ1) is 15.8. The standard InChI is InChI=1S/C11H12F5NO2/c12-6-2-1-3-7(13)10(6)8(18)4-17-5-9(19)11(14,15)16/h1-3,8-9,17-19H,4-5H2. The van der Waals surface area contributed by atoms with Gasteiger partial charge in [0.2, 0.25) is 0 Å². The number of aliphatic hydroxyl groups excluding tert-OH is 2. The summed E-state index contributed by atoms with van der Waals surface area (Å²) in [5, 5.41) is 20.2. The third-order valence-corrected chi connectivity index (χ3v) is 2.39. The number of rotatable bonds is 5. The smallest absolute Gasteiger partial charge is 0.387 e. The fourth-order valence-corrected chi connectivity index (χ4v) is 1.40. The molecular weight excluding hydrogens is 273 g/mol. The van der Waals surface area contributed by atoms with E-state index in [2.05, 4.69) is 5.32 Å². The topological polar surface area (TPSA) is 52.5 Å². The average Bonchev–Trinajstić information content (AvgIpc) is 2.27. The van der Waals surface area contributed by atoms with Gasteiger partial charge < -0.3 is 15.5 Å². The van der Waals surface area contributed by atoms with Gasteiger partial charge in [0.1, 0.15) is 11.6 Å². The van der Waals surface area contributed by atoms with Gasteiger partial charge in [-0.25, -0.2) is 8.78 Å². The minimum Gasteiger partial charge on any atom is -0.387 e. The van der Waals surface area contributed by atoms with Crippen molar-refractivity contribution in [1.29, 1.82) is 0 Å². The lowest BCUT2D eigenvalue weighted by molar-refractivity contribution is -0.202. The summed E-state index contributed by atoms with van der Waals surface area (Å²) in [7, 11) is 0. The van der Waals surface area contributed by atoms with Gasteiger partial charge >= 0.3 is 6.18 Å². The maximum Gasteiger partial charge on any atom is 0.415 e. The van der Waals surface area contributed by atoms with E-state index in [4.69, 9.17) is 5.11 Å². The van der Waals surface area contributed by atoms with Gasteiger partial charge in [0.05, 0.1) is 11.7 Å². The van der Waals surface area contributed by atoms with Crippen molar-refractivity contribution in [2.75, 3.05) is 13.1 Å². The normalized spacial score (nSPS) is 15.3. The van der Waals surface area contributed by atoms with Crippen LogP contribution in [0.5, 0.6) is 0 Å². The van der Waals surface area contributed by atoms with Crippen LogP contribution in [-0.4, -0.2) is 35.6 Å². The second-order valence-corrected chi connectivity index (χ2v) is 3.87. The summed E-state index contributed by atoms with van der Waals surface area (Å²) >= 11 is 0. The van der Waals surface area contributed by atoms with Crippen molar-refractivity contribution in [3.05, 3.63) is 35.4 Å². The minimum atomic E-state index is -4.79. The second kappa shape index (κ2) is 6.27. The lowest BCUT2D eigenvalue weighted by Gasteiger charge is -2.17. The van der Waals surface area contributed by atoms with E-state index in [0.717, 1.165) is 18.2 Å². The molecule has 3 nitrogen and oxygen atoms in total. The van der Waals surface area contributed by atoms with Crippen LogP contribution in [0.25, 0.3) is 0 Å². The number of benzene rings is 1. The zero-order valence-electron chi connectivity index (χ0n) is 9.59. The first-order chi connectivity index (χ1) is 8.73. The molecule has 0 aliphatic carbocycles. The number of hydrogen-bond donors (Lipinski definition) is 3. The molecule has 19 heavy (non-hydrogen) atoms. The number of hydrogen-bond acceptors (Lipinski definition) is 3. The highest BCUT2D eigenvalue weighted by atomic mass is 19.4. The highest BCUT2D eigenvalue weighted by Crippen LogP contribution is 2.21. The molecule has 0 fully saturated rings. The van der Waals surface area contributed by atoms with Gasteiger partial charge in [-0.05, 0) is 12.1 Å². The Kier molecular flexibility index (Phi) is 5.21. The van der Waals surface area contributed by atoms with E-state index < -0.39 is 48.7 Å². The lowest BCUT2D eigenvalue weighted by Crippen LogP contribution is -2.39. The van der Waals surface area contributed by atoms with Crippen molar-refractivity contribution in [3.8, 4) is 0 Å². The highest BCUT2D eigenvalue weighted by molar-refractivity contribution is 5.22. The van der Waals surface area contributed by atoms with Crippen LogP contribution in [0.15, 0.2) is 18.2 Å². The Hall–Kier alpha value is -1.25. The zero-order valence-corrected chi connectivity index (χ0v) is 9.59. The monoisotopic (exact) mass is 285 g/mol. The quantitative estimate of drug-likeness (QED) is 0.719. The van der Waals surface area contributed by atoms with Crippen LogP contribution in [0.4, 0.5) is 22.0 Å². The maximum absolute atomic E-state index is 13.2. The van der Waals surface area contributed by atoms with Crippen LogP contribution in [0.3, 0.4) is 0 Å². The first-order valence-corrected chi connectivity index (χ1v) is 5.31. The van der Waals surface area contributed by atoms with Crippen molar-refractivity contribution in [2.45, 2.75) is 18.4 Å². The second-order valence-electron chi connectivity index (χ2n) is 3.87. The molecule has 2 atom stereocenters. The lowest BCUT2D eigenvalue weighted by atomic mass is 10.1. The molecule has 8 heteroatoms. The molecule has 0 aliphatic heterocycles. The predicted octanol–water partition coefficient (Wildman–Crippen LogP) is 1.51. The minimum absolute atomic E-state index is 0.523. The van der Waals surface area contributed by atoms with E-state index in [1.165, 1.54) is 0 Å². The molecule has 0 bridgehead atoms. The molecule has 1 aromatic rings. The van der Waals surface area contributed by atoms with Crippen LogP contribution in [0, 0.1) is 11.6 Å². The third-order valence-electron chi connectivity index (χ3n) is 2.39. The fourth-order valence-electron chi connectivity index (χ4n) is 1.40. The average molecular weight is 285 g/mol. The summed E-state index contributed by atoms with van der Waals surface area (Å²) < 4.78 is 62.3. The van der Waals surface area contributed by atoms with Crippen LogP contribution >= 0.6 is 0 Å². The predicted molar refractivity (Wildman–Crippen MR) is 56.2 cm³/mol. The summed E-state index contributed by atoms with van der Waals surface area (Å²) in [4.78, 5) is 0. The largest absolute Gasteiger partial charge is 0.415 e. The van der Waals surface area contributed by atoms with Crippen molar-refractivity contribution < 1.29 is 32.2 Å². The Labute approximate surface area is 105 Å². The molecule has 1 rings (SSSR count). The van der Waals surface area contributed by atoms with Crippen LogP contribution in [0.1, 0.15) is 11.7 Å². The molecule has 108 valence electrons. The van der Waals surface area contributed by atoms with E-state index in [1.54, 1.807) is 0 Å². The van der Waals surface area contributed by atoms with Gasteiger partial charge in [-0.2, -0.15) is 13.2 Å². The molecule has 0 heterocycles. The van der Waals surface area contributed by atoms with Gasteiger partial charge in [-0.15, -0.1) is 0 Å². The Morgan fingerprint density at radius 2 is 1.58 bits per heavy atom.